The fourth-order valence-corrected chi connectivity index (χ4v) is 3.12. The molecule has 3 rings (SSSR count). The Kier molecular flexibility index (Phi) is 4.86. The molecule has 1 aliphatic heterocycles. The third-order valence-electron chi connectivity index (χ3n) is 4.84. The molecule has 144 valence electrons. The predicted molar refractivity (Wildman–Crippen MR) is 93.1 cm³/mol. The molecule has 8 heteroatoms. The van der Waals surface area contributed by atoms with E-state index in [2.05, 4.69) is 0 Å². The molecule has 1 N–H and O–H groups in total. The van der Waals surface area contributed by atoms with Crippen LogP contribution in [0.15, 0.2) is 42.5 Å². The van der Waals surface area contributed by atoms with Gasteiger partial charge in [0.05, 0.1) is 0 Å². The number of carbonyl (C=O) groups excluding carboxylic acids is 2. The highest BCUT2D eigenvalue weighted by Gasteiger charge is 2.57. The Balaban J connectivity index is 1.72. The Morgan fingerprint density at radius 1 is 0.926 bits per heavy atom. The molecule has 27 heavy (non-hydrogen) atoms. The molecule has 1 fully saturated rings. The molecule has 0 aliphatic carbocycles. The summed E-state index contributed by atoms with van der Waals surface area (Å²) in [5.74, 6) is -1.63. The van der Waals surface area contributed by atoms with Crippen LogP contribution in [0.4, 0.5) is 13.2 Å². The van der Waals surface area contributed by atoms with Crippen molar-refractivity contribution in [2.75, 3.05) is 26.2 Å². The van der Waals surface area contributed by atoms with Crippen molar-refractivity contribution in [1.29, 1.82) is 0 Å². The van der Waals surface area contributed by atoms with Crippen LogP contribution in [0, 0.1) is 0 Å². The van der Waals surface area contributed by atoms with Gasteiger partial charge >= 0.3 is 6.18 Å². The first kappa shape index (κ1) is 19.2. The maximum Gasteiger partial charge on any atom is 0.426 e. The molecule has 2 aromatic carbocycles. The second-order valence-corrected chi connectivity index (χ2v) is 6.68. The standard InChI is InChI=1S/C19H19F3N2O3/c1-18(27,19(20,21)22)17(26)24-11-9-23(10-12-24)16(25)15-8-4-6-13-5-2-3-7-14(13)15/h2-8,27H,9-12H2,1H3/t18-/m1/s1. The minimum absolute atomic E-state index is 0.0679. The third-order valence-corrected chi connectivity index (χ3v) is 4.84. The molecule has 1 saturated heterocycles. The molecule has 0 radical (unpaired) electrons. The van der Waals surface area contributed by atoms with E-state index in [0.29, 0.717) is 12.5 Å². The van der Waals surface area contributed by atoms with Crippen LogP contribution in [0.3, 0.4) is 0 Å². The number of halogens is 3. The molecule has 2 amide bonds. The van der Waals surface area contributed by atoms with Gasteiger partial charge in [0.15, 0.2) is 0 Å². The monoisotopic (exact) mass is 380 g/mol. The lowest BCUT2D eigenvalue weighted by molar-refractivity contribution is -0.250. The number of benzene rings is 2. The van der Waals surface area contributed by atoms with Crippen molar-refractivity contribution in [3.05, 3.63) is 48.0 Å². The normalized spacial score (nSPS) is 17.7. The van der Waals surface area contributed by atoms with Crippen LogP contribution < -0.4 is 0 Å². The minimum Gasteiger partial charge on any atom is -0.373 e. The zero-order chi connectivity index (χ0) is 19.8. The zero-order valence-electron chi connectivity index (χ0n) is 14.7. The summed E-state index contributed by atoms with van der Waals surface area (Å²) in [5, 5.41) is 11.3. The molecule has 0 bridgehead atoms. The number of aliphatic hydroxyl groups is 1. The SMILES string of the molecule is C[C@@](O)(C(=O)N1CCN(C(=O)c2cccc3ccccc23)CC1)C(F)(F)F. The highest BCUT2D eigenvalue weighted by molar-refractivity contribution is 6.07. The van der Waals surface area contributed by atoms with E-state index in [4.69, 9.17) is 0 Å². The molecule has 2 aromatic rings. The summed E-state index contributed by atoms with van der Waals surface area (Å²) in [6.45, 7) is 0.509. The molecular weight excluding hydrogens is 361 g/mol. The summed E-state index contributed by atoms with van der Waals surface area (Å²) >= 11 is 0. The van der Waals surface area contributed by atoms with Gasteiger partial charge in [0, 0.05) is 31.7 Å². The highest BCUT2D eigenvalue weighted by atomic mass is 19.4. The van der Waals surface area contributed by atoms with E-state index < -0.39 is 17.7 Å². The first-order valence-electron chi connectivity index (χ1n) is 8.48. The van der Waals surface area contributed by atoms with Crippen LogP contribution in [-0.2, 0) is 4.79 Å². The van der Waals surface area contributed by atoms with E-state index in [-0.39, 0.29) is 32.1 Å². The fourth-order valence-electron chi connectivity index (χ4n) is 3.12. The predicted octanol–water partition coefficient (Wildman–Crippen LogP) is 2.44. The number of hydrogen-bond acceptors (Lipinski definition) is 3. The molecule has 0 saturated carbocycles. The minimum atomic E-state index is -5.06. The average Bonchev–Trinajstić information content (AvgIpc) is 2.65. The highest BCUT2D eigenvalue weighted by Crippen LogP contribution is 2.32. The van der Waals surface area contributed by atoms with Gasteiger partial charge in [-0.25, -0.2) is 0 Å². The first-order valence-corrected chi connectivity index (χ1v) is 8.48. The van der Waals surface area contributed by atoms with Gasteiger partial charge in [-0.3, -0.25) is 9.59 Å². The third kappa shape index (κ3) is 3.49. The molecule has 1 atom stereocenters. The van der Waals surface area contributed by atoms with Crippen LogP contribution in [0.2, 0.25) is 0 Å². The largest absolute Gasteiger partial charge is 0.426 e. The van der Waals surface area contributed by atoms with E-state index in [1.54, 1.807) is 12.1 Å². The number of fused-ring (bicyclic) bond motifs is 1. The van der Waals surface area contributed by atoms with Gasteiger partial charge in [-0.15, -0.1) is 0 Å². The van der Waals surface area contributed by atoms with Gasteiger partial charge in [-0.1, -0.05) is 36.4 Å². The lowest BCUT2D eigenvalue weighted by atomic mass is 10.0. The number of hydrogen-bond donors (Lipinski definition) is 1. The summed E-state index contributed by atoms with van der Waals surface area (Å²) < 4.78 is 38.6. The second kappa shape index (κ2) is 6.84. The summed E-state index contributed by atoms with van der Waals surface area (Å²) in [4.78, 5) is 27.3. The quantitative estimate of drug-likeness (QED) is 0.871. The average molecular weight is 380 g/mol. The van der Waals surface area contributed by atoms with Gasteiger partial charge in [0.25, 0.3) is 11.8 Å². The Morgan fingerprint density at radius 3 is 2.11 bits per heavy atom. The first-order chi connectivity index (χ1) is 12.6. The van der Waals surface area contributed by atoms with Crippen LogP contribution in [0.25, 0.3) is 10.8 Å². The fraction of sp³-hybridized carbons (Fsp3) is 0.368. The lowest BCUT2D eigenvalue weighted by Crippen LogP contribution is -2.60. The van der Waals surface area contributed by atoms with Gasteiger partial charge in [-0.2, -0.15) is 13.2 Å². The van der Waals surface area contributed by atoms with Crippen molar-refractivity contribution in [3.8, 4) is 0 Å². The van der Waals surface area contributed by atoms with Crippen molar-refractivity contribution >= 4 is 22.6 Å². The van der Waals surface area contributed by atoms with E-state index in [0.717, 1.165) is 15.7 Å². The molecule has 1 aliphatic rings. The molecule has 5 nitrogen and oxygen atoms in total. The Morgan fingerprint density at radius 2 is 1.48 bits per heavy atom. The molecule has 0 aromatic heterocycles. The smallest absolute Gasteiger partial charge is 0.373 e. The summed E-state index contributed by atoms with van der Waals surface area (Å²) in [7, 11) is 0. The van der Waals surface area contributed by atoms with E-state index in [1.165, 1.54) is 4.90 Å². The Hall–Kier alpha value is -2.61. The number of piperazine rings is 1. The molecule has 1 heterocycles. The van der Waals surface area contributed by atoms with Crippen LogP contribution in [0.1, 0.15) is 17.3 Å². The lowest BCUT2D eigenvalue weighted by Gasteiger charge is -2.38. The number of amides is 2. The van der Waals surface area contributed by atoms with Crippen LogP contribution >= 0.6 is 0 Å². The van der Waals surface area contributed by atoms with Crippen LogP contribution in [-0.4, -0.2) is 64.7 Å². The summed E-state index contributed by atoms with van der Waals surface area (Å²) in [5.41, 5.74) is -2.93. The van der Waals surface area contributed by atoms with Crippen molar-refractivity contribution in [2.45, 2.75) is 18.7 Å². The Labute approximate surface area is 154 Å². The van der Waals surface area contributed by atoms with E-state index in [9.17, 15) is 27.9 Å². The number of rotatable bonds is 2. The van der Waals surface area contributed by atoms with Crippen molar-refractivity contribution < 1.29 is 27.9 Å². The van der Waals surface area contributed by atoms with Crippen LogP contribution in [0.5, 0.6) is 0 Å². The number of alkyl halides is 3. The summed E-state index contributed by atoms with van der Waals surface area (Å²) in [6.07, 6.45) is -5.06. The topological polar surface area (TPSA) is 60.9 Å². The number of nitrogens with zero attached hydrogens (tertiary/aromatic N) is 2. The number of carbonyl (C=O) groups is 2. The molecular formula is C19H19F3N2O3. The molecule has 0 spiro atoms. The van der Waals surface area contributed by atoms with Crippen molar-refractivity contribution in [1.82, 2.24) is 9.80 Å². The maximum absolute atomic E-state index is 12.9. The zero-order valence-corrected chi connectivity index (χ0v) is 14.7. The Bertz CT molecular complexity index is 867. The van der Waals surface area contributed by atoms with Gasteiger partial charge in [-0.05, 0) is 23.8 Å². The second-order valence-electron chi connectivity index (χ2n) is 6.68. The maximum atomic E-state index is 12.9. The van der Waals surface area contributed by atoms with Gasteiger partial charge in [0.1, 0.15) is 0 Å². The van der Waals surface area contributed by atoms with Crippen molar-refractivity contribution in [3.63, 3.8) is 0 Å². The molecule has 0 unspecified atom stereocenters. The summed E-state index contributed by atoms with van der Waals surface area (Å²) in [6, 6.07) is 12.8. The van der Waals surface area contributed by atoms with Gasteiger partial charge in [0.2, 0.25) is 5.60 Å². The van der Waals surface area contributed by atoms with Crippen molar-refractivity contribution in [2.24, 2.45) is 0 Å². The van der Waals surface area contributed by atoms with E-state index >= 15 is 0 Å². The van der Waals surface area contributed by atoms with E-state index in [1.807, 2.05) is 30.3 Å². The van der Waals surface area contributed by atoms with Gasteiger partial charge < -0.3 is 14.9 Å².